The summed E-state index contributed by atoms with van der Waals surface area (Å²) in [6.07, 6.45) is -4.44. The quantitative estimate of drug-likeness (QED) is 0.437. The molecule has 0 saturated heterocycles. The van der Waals surface area contributed by atoms with Crippen molar-refractivity contribution in [1.29, 1.82) is 0 Å². The van der Waals surface area contributed by atoms with Crippen LogP contribution < -0.4 is 10.6 Å². The highest BCUT2D eigenvalue weighted by molar-refractivity contribution is 7.79. The first-order chi connectivity index (χ1) is 14.7. The first kappa shape index (κ1) is 22.5. The Balaban J connectivity index is 1.94. The average Bonchev–Trinajstić information content (AvgIpc) is 2.72. The number of rotatable bonds is 6. The van der Waals surface area contributed by atoms with E-state index in [1.165, 1.54) is 12.1 Å². The molecule has 162 valence electrons. The van der Waals surface area contributed by atoms with E-state index in [0.717, 1.165) is 5.56 Å². The van der Waals surface area contributed by atoms with Crippen LogP contribution in [0.3, 0.4) is 0 Å². The van der Waals surface area contributed by atoms with E-state index in [1.54, 1.807) is 38.1 Å². The highest BCUT2D eigenvalue weighted by atomic mass is 32.2. The third kappa shape index (κ3) is 5.90. The summed E-state index contributed by atoms with van der Waals surface area (Å²) in [4.78, 5) is 12.9. The van der Waals surface area contributed by atoms with Gasteiger partial charge in [-0.2, -0.15) is 18.2 Å². The monoisotopic (exact) mass is 448 g/mol. The van der Waals surface area contributed by atoms with E-state index in [-0.39, 0.29) is 28.2 Å². The number of alkyl halides is 3. The number of halogens is 3. The Morgan fingerprint density at radius 1 is 1.13 bits per heavy atom. The highest BCUT2D eigenvalue weighted by Crippen LogP contribution is 2.25. The Morgan fingerprint density at radius 3 is 2.45 bits per heavy atom. The minimum Gasteiger partial charge on any atom is -0.768 e. The lowest BCUT2D eigenvalue weighted by atomic mass is 10.1. The summed E-state index contributed by atoms with van der Waals surface area (Å²) in [5, 5.41) is 5.30. The Bertz CT molecular complexity index is 1170. The van der Waals surface area contributed by atoms with Crippen molar-refractivity contribution in [1.82, 2.24) is 15.0 Å². The Morgan fingerprint density at radius 2 is 1.84 bits per heavy atom. The van der Waals surface area contributed by atoms with Crippen LogP contribution >= 0.6 is 0 Å². The summed E-state index contributed by atoms with van der Waals surface area (Å²) < 4.78 is 60.3. The molecule has 0 fully saturated rings. The van der Waals surface area contributed by atoms with Gasteiger partial charge in [0.1, 0.15) is 17.8 Å². The molecule has 2 heterocycles. The molecule has 2 atom stereocenters. The van der Waals surface area contributed by atoms with E-state index in [9.17, 15) is 21.9 Å². The maximum Gasteiger partial charge on any atom is 0.405 e. The Labute approximate surface area is 178 Å². The first-order valence-corrected chi connectivity index (χ1v) is 10.1. The normalized spacial score (nSPS) is 13.2. The van der Waals surface area contributed by atoms with Gasteiger partial charge in [-0.1, -0.05) is 18.1 Å². The number of hydrogen-bond donors (Lipinski definition) is 2. The standard InChI is InChI=1S/C20H18F3N5O2S/c1-3-4-14-7-10-16-17(26-14)18(24-11-20(21,22)23)28-19(27-16)25-12(2)13-5-8-15(9-6-13)31(29)30/h5-10,12H,11H2,1-2H3,(H,29,30)(H2,24,25,27,28)/p-1. The van der Waals surface area contributed by atoms with Gasteiger partial charge in [-0.05, 0) is 60.7 Å². The first-order valence-electron chi connectivity index (χ1n) is 9.04. The number of pyridine rings is 1. The number of nitrogens with zero attached hydrogens (tertiary/aromatic N) is 3. The summed E-state index contributed by atoms with van der Waals surface area (Å²) in [7, 11) is 0. The van der Waals surface area contributed by atoms with Crippen molar-refractivity contribution >= 4 is 33.9 Å². The lowest BCUT2D eigenvalue weighted by molar-refractivity contribution is -0.115. The van der Waals surface area contributed by atoms with Crippen molar-refractivity contribution < 1.29 is 21.9 Å². The molecule has 3 aromatic rings. The van der Waals surface area contributed by atoms with E-state index in [2.05, 4.69) is 37.4 Å². The molecule has 2 unspecified atom stereocenters. The molecular formula is C20H17F3N5O2S-. The van der Waals surface area contributed by atoms with Gasteiger partial charge in [-0.15, -0.1) is 0 Å². The zero-order valence-electron chi connectivity index (χ0n) is 16.4. The maximum atomic E-state index is 12.8. The zero-order chi connectivity index (χ0) is 22.6. The van der Waals surface area contributed by atoms with Crippen LogP contribution in [0.4, 0.5) is 24.9 Å². The molecule has 31 heavy (non-hydrogen) atoms. The van der Waals surface area contributed by atoms with Gasteiger partial charge in [-0.25, -0.2) is 9.97 Å². The van der Waals surface area contributed by atoms with Crippen LogP contribution in [0.1, 0.15) is 31.1 Å². The van der Waals surface area contributed by atoms with Gasteiger partial charge in [0, 0.05) is 4.90 Å². The van der Waals surface area contributed by atoms with Crippen molar-refractivity contribution in [2.75, 3.05) is 17.2 Å². The van der Waals surface area contributed by atoms with Crippen molar-refractivity contribution in [2.24, 2.45) is 0 Å². The second kappa shape index (κ2) is 9.28. The number of benzene rings is 1. The van der Waals surface area contributed by atoms with Crippen LogP contribution in [0, 0.1) is 11.8 Å². The molecule has 3 rings (SSSR count). The van der Waals surface area contributed by atoms with Crippen molar-refractivity contribution in [3.8, 4) is 11.8 Å². The predicted octanol–water partition coefficient (Wildman–Crippen LogP) is 3.78. The molecule has 7 nitrogen and oxygen atoms in total. The average molecular weight is 448 g/mol. The number of fused-ring (bicyclic) bond motifs is 1. The Kier molecular flexibility index (Phi) is 6.72. The molecule has 0 amide bonds. The molecule has 2 N–H and O–H groups in total. The van der Waals surface area contributed by atoms with Crippen molar-refractivity contribution in [3.05, 3.63) is 47.7 Å². The molecule has 2 aromatic heterocycles. The van der Waals surface area contributed by atoms with E-state index in [1.807, 2.05) is 0 Å². The molecule has 0 saturated carbocycles. The summed E-state index contributed by atoms with van der Waals surface area (Å²) in [5.74, 6) is 5.46. The largest absolute Gasteiger partial charge is 0.768 e. The molecule has 0 bridgehead atoms. The fourth-order valence-electron chi connectivity index (χ4n) is 2.73. The van der Waals surface area contributed by atoms with Gasteiger partial charge < -0.3 is 15.2 Å². The molecule has 0 aliphatic heterocycles. The smallest absolute Gasteiger partial charge is 0.405 e. The zero-order valence-corrected chi connectivity index (χ0v) is 17.3. The van der Waals surface area contributed by atoms with Crippen LogP contribution in [0.15, 0.2) is 41.3 Å². The lowest BCUT2D eigenvalue weighted by Crippen LogP contribution is -2.22. The summed E-state index contributed by atoms with van der Waals surface area (Å²) >= 11 is -2.33. The summed E-state index contributed by atoms with van der Waals surface area (Å²) in [6.45, 7) is 2.13. The van der Waals surface area contributed by atoms with Gasteiger partial charge in [0.05, 0.1) is 11.6 Å². The van der Waals surface area contributed by atoms with Gasteiger partial charge in [0.15, 0.2) is 5.82 Å². The molecule has 0 spiro atoms. The number of anilines is 2. The molecule has 0 radical (unpaired) electrons. The third-order valence-corrected chi connectivity index (χ3v) is 4.83. The topological polar surface area (TPSA) is 103 Å². The van der Waals surface area contributed by atoms with E-state index < -0.39 is 23.8 Å². The van der Waals surface area contributed by atoms with Crippen LogP contribution in [0.2, 0.25) is 0 Å². The van der Waals surface area contributed by atoms with E-state index in [4.69, 9.17) is 0 Å². The van der Waals surface area contributed by atoms with Crippen LogP contribution in [-0.2, 0) is 11.1 Å². The van der Waals surface area contributed by atoms with E-state index in [0.29, 0.717) is 11.2 Å². The fourth-order valence-corrected chi connectivity index (χ4v) is 3.09. The number of aromatic nitrogens is 3. The van der Waals surface area contributed by atoms with Crippen LogP contribution in [-0.4, -0.2) is 36.4 Å². The van der Waals surface area contributed by atoms with Gasteiger partial charge in [0.25, 0.3) is 0 Å². The number of hydrogen-bond acceptors (Lipinski definition) is 7. The highest BCUT2D eigenvalue weighted by Gasteiger charge is 2.27. The molecule has 1 aromatic carbocycles. The van der Waals surface area contributed by atoms with Crippen LogP contribution in [0.5, 0.6) is 0 Å². The molecule has 0 aliphatic rings. The fraction of sp³-hybridized carbons (Fsp3) is 0.250. The van der Waals surface area contributed by atoms with Gasteiger partial charge >= 0.3 is 6.18 Å². The molecular weight excluding hydrogens is 431 g/mol. The number of nitrogens with one attached hydrogen (secondary N) is 2. The second-order valence-corrected chi connectivity index (χ2v) is 7.41. The summed E-state index contributed by atoms with van der Waals surface area (Å²) in [5.41, 5.74) is 1.64. The lowest BCUT2D eigenvalue weighted by Gasteiger charge is -2.17. The van der Waals surface area contributed by atoms with Crippen LogP contribution in [0.25, 0.3) is 11.0 Å². The minimum atomic E-state index is -4.44. The van der Waals surface area contributed by atoms with Crippen molar-refractivity contribution in [3.63, 3.8) is 0 Å². The second-order valence-electron chi connectivity index (χ2n) is 6.47. The summed E-state index contributed by atoms with van der Waals surface area (Å²) in [6, 6.07) is 9.04. The SMILES string of the molecule is CC#Cc1ccc2nc(NC(C)c3ccc(S(=O)[O-])cc3)nc(NCC(F)(F)F)c2n1. The predicted molar refractivity (Wildman–Crippen MR) is 110 cm³/mol. The molecule has 11 heteroatoms. The minimum absolute atomic E-state index is 0.0751. The van der Waals surface area contributed by atoms with Crippen molar-refractivity contribution in [2.45, 2.75) is 31.0 Å². The van der Waals surface area contributed by atoms with E-state index >= 15 is 0 Å². The third-order valence-electron chi connectivity index (χ3n) is 4.17. The Hall–Kier alpha value is -3.23. The molecule has 0 aliphatic carbocycles. The maximum absolute atomic E-state index is 12.8. The van der Waals surface area contributed by atoms with Gasteiger partial charge in [-0.3, -0.25) is 4.21 Å². The van der Waals surface area contributed by atoms with Gasteiger partial charge in [0.2, 0.25) is 5.95 Å².